The zero-order chi connectivity index (χ0) is 65.1. The number of aromatic nitrogens is 7. The van der Waals surface area contributed by atoms with Crippen molar-refractivity contribution in [2.75, 3.05) is 0 Å². The quantitative estimate of drug-likeness (QED) is 0.117. The second kappa shape index (κ2) is 21.6. The molecule has 99 heavy (non-hydrogen) atoms. The van der Waals surface area contributed by atoms with Crippen molar-refractivity contribution >= 4 is 153 Å². The molecule has 7 heteroatoms. The first-order chi connectivity index (χ1) is 49.0. The molecular weight excluding hydrogens is 1200 g/mol. The molecule has 0 fully saturated rings. The van der Waals surface area contributed by atoms with Crippen LogP contribution < -0.4 is 0 Å². The van der Waals surface area contributed by atoms with Crippen molar-refractivity contribution in [2.45, 2.75) is 46.1 Å². The molecular formula is C92H67N7. The molecule has 0 aliphatic rings. The molecule has 14 aromatic carbocycles. The summed E-state index contributed by atoms with van der Waals surface area (Å²) in [5.74, 6) is 0.540. The molecule has 7 aromatic heterocycles. The number of unbranched alkanes of at least 4 members (excludes halogenated alkanes) is 1. The second-order valence-corrected chi connectivity index (χ2v) is 27.4. The number of nitrogens with zero attached hydrogens (tertiary/aromatic N) is 7. The summed E-state index contributed by atoms with van der Waals surface area (Å²) in [6.45, 7) is 5.66. The monoisotopic (exact) mass is 1270 g/mol. The third kappa shape index (κ3) is 8.13. The number of rotatable bonds is 12. The maximum absolute atomic E-state index is 2.66. The van der Waals surface area contributed by atoms with Crippen molar-refractivity contribution in [3.05, 3.63) is 303 Å². The molecule has 0 bridgehead atoms. The normalized spacial score (nSPS) is 12.7. The fourth-order valence-corrected chi connectivity index (χ4v) is 17.6. The van der Waals surface area contributed by atoms with Gasteiger partial charge < -0.3 is 32.0 Å². The van der Waals surface area contributed by atoms with Crippen LogP contribution in [-0.2, 0) is 6.54 Å². The highest BCUT2D eigenvalue weighted by molar-refractivity contribution is 6.18. The Balaban J connectivity index is 0.804. The summed E-state index contributed by atoms with van der Waals surface area (Å²) in [4.78, 5) is 0. The fraction of sp³-hybridized carbons (Fsp3) is 0.0870. The first-order valence-electron chi connectivity index (χ1n) is 35.2. The maximum Gasteiger partial charge on any atom is 0.0542 e. The average molecular weight is 1270 g/mol. The van der Waals surface area contributed by atoms with E-state index in [4.69, 9.17) is 0 Å². The van der Waals surface area contributed by atoms with Crippen molar-refractivity contribution in [1.29, 1.82) is 0 Å². The third-order valence-electron chi connectivity index (χ3n) is 22.2. The van der Waals surface area contributed by atoms with Gasteiger partial charge in [-0.25, -0.2) is 0 Å². The number of hydrogen-bond acceptors (Lipinski definition) is 0. The highest BCUT2D eigenvalue weighted by Crippen LogP contribution is 2.45. The van der Waals surface area contributed by atoms with Crippen molar-refractivity contribution in [1.82, 2.24) is 32.0 Å². The lowest BCUT2D eigenvalue weighted by Gasteiger charge is -2.18. The van der Waals surface area contributed by atoms with Gasteiger partial charge in [-0.15, -0.1) is 0 Å². The summed E-state index contributed by atoms with van der Waals surface area (Å²) in [6.07, 6.45) is 4.74. The van der Waals surface area contributed by atoms with Gasteiger partial charge in [0, 0.05) is 127 Å². The van der Waals surface area contributed by atoms with Crippen LogP contribution in [0.1, 0.15) is 39.5 Å². The highest BCUT2D eigenvalue weighted by atomic mass is 15.0. The van der Waals surface area contributed by atoms with Crippen molar-refractivity contribution in [2.24, 2.45) is 5.92 Å². The third-order valence-corrected chi connectivity index (χ3v) is 22.2. The van der Waals surface area contributed by atoms with Gasteiger partial charge in [-0.1, -0.05) is 179 Å². The van der Waals surface area contributed by atoms with Crippen LogP contribution in [0.2, 0.25) is 0 Å². The maximum atomic E-state index is 2.66. The number of para-hydroxylation sites is 8. The Hall–Kier alpha value is -12.3. The minimum Gasteiger partial charge on any atom is -0.340 e. The Morgan fingerprint density at radius 1 is 0.212 bits per heavy atom. The lowest BCUT2D eigenvalue weighted by Crippen LogP contribution is -2.10. The van der Waals surface area contributed by atoms with Gasteiger partial charge in [0.15, 0.2) is 0 Å². The van der Waals surface area contributed by atoms with Gasteiger partial charge in [0.25, 0.3) is 0 Å². The Morgan fingerprint density at radius 3 is 0.616 bits per heavy atom. The SMILES string of the molecule is CCCCC(CC)Cn1c2ccc(-n3c4ccc(-n5c6ccccc6c6ccccc65)cc4c4cc(-n5c6ccccc6c6ccccc65)ccc43)cc2c2cc(-n3c4ccc(-n5c6ccccc6c6ccccc65)cc4c4cc(-n5c6ccccc6c6ccccc65)ccc43)ccc21. The smallest absolute Gasteiger partial charge is 0.0542 e. The molecule has 1 unspecified atom stereocenters. The van der Waals surface area contributed by atoms with E-state index >= 15 is 0 Å². The minimum atomic E-state index is 0.540. The summed E-state index contributed by atoms with van der Waals surface area (Å²) in [5.41, 5.74) is 23.6. The molecule has 21 rings (SSSR count). The van der Waals surface area contributed by atoms with Crippen LogP contribution in [0.4, 0.5) is 0 Å². The summed E-state index contributed by atoms with van der Waals surface area (Å²) in [5, 5.41) is 17.3. The van der Waals surface area contributed by atoms with E-state index in [1.807, 2.05) is 0 Å². The molecule has 0 saturated heterocycles. The standard InChI is InChI=1S/C92H67N7/c1-3-5-22-58(4-2)57-93-79-45-39-59(98-89-47-41-61(94-81-31-14-6-23-65(81)66-24-7-15-32-82(66)94)53-75(89)76-54-62(42-48-90(76)98)95-83-33-16-8-25-67(83)68-26-9-17-34-84(68)95)51-73(79)74-52-60(40-46-80(74)93)99-91-49-43-63(96-85-35-18-10-27-69(85)70-28-11-19-36-86(70)96)55-77(91)78-56-64(44-50-92(78)99)97-87-37-20-12-29-71(87)72-30-13-21-38-88(72)97/h6-21,23-56,58H,3-5,22,57H2,1-2H3. The van der Waals surface area contributed by atoms with E-state index in [1.54, 1.807) is 0 Å². The summed E-state index contributed by atoms with van der Waals surface area (Å²) < 4.78 is 17.6. The van der Waals surface area contributed by atoms with Gasteiger partial charge >= 0.3 is 0 Å². The van der Waals surface area contributed by atoms with Gasteiger partial charge in [0.05, 0.1) is 66.2 Å². The summed E-state index contributed by atoms with van der Waals surface area (Å²) >= 11 is 0. The van der Waals surface area contributed by atoms with E-state index in [0.29, 0.717) is 5.92 Å². The molecule has 7 heterocycles. The number of hydrogen-bond donors (Lipinski definition) is 0. The van der Waals surface area contributed by atoms with Gasteiger partial charge in [-0.2, -0.15) is 0 Å². The highest BCUT2D eigenvalue weighted by Gasteiger charge is 2.25. The van der Waals surface area contributed by atoms with Gasteiger partial charge in [-0.05, 0) is 170 Å². The van der Waals surface area contributed by atoms with Crippen LogP contribution in [0, 0.1) is 5.92 Å². The molecule has 7 nitrogen and oxygen atoms in total. The molecule has 470 valence electrons. The Kier molecular flexibility index (Phi) is 12.2. The molecule has 0 aliphatic carbocycles. The number of benzene rings is 14. The lowest BCUT2D eigenvalue weighted by molar-refractivity contribution is 0.401. The Bertz CT molecular complexity index is 5980. The largest absolute Gasteiger partial charge is 0.340 e. The molecule has 0 radical (unpaired) electrons. The summed E-state index contributed by atoms with van der Waals surface area (Å²) in [6, 6.07) is 114. The summed E-state index contributed by atoms with van der Waals surface area (Å²) in [7, 11) is 0. The van der Waals surface area contributed by atoms with E-state index in [0.717, 1.165) is 69.2 Å². The number of fused-ring (bicyclic) bond motifs is 21. The van der Waals surface area contributed by atoms with Gasteiger partial charge in [0.2, 0.25) is 0 Å². The zero-order valence-corrected chi connectivity index (χ0v) is 55.1. The topological polar surface area (TPSA) is 34.5 Å². The Labute approximate surface area is 570 Å². The van der Waals surface area contributed by atoms with Crippen LogP contribution >= 0.6 is 0 Å². The minimum absolute atomic E-state index is 0.540. The molecule has 21 aromatic rings. The van der Waals surface area contributed by atoms with Crippen LogP contribution in [0.5, 0.6) is 0 Å². The molecule has 0 saturated carbocycles. The first-order valence-corrected chi connectivity index (χ1v) is 35.2. The van der Waals surface area contributed by atoms with Crippen LogP contribution in [0.15, 0.2) is 303 Å². The molecule has 0 amide bonds. The van der Waals surface area contributed by atoms with Crippen molar-refractivity contribution < 1.29 is 0 Å². The molecule has 1 atom stereocenters. The predicted molar refractivity (Wildman–Crippen MR) is 419 cm³/mol. The molecule has 0 aliphatic heterocycles. The van der Waals surface area contributed by atoms with E-state index in [-0.39, 0.29) is 0 Å². The van der Waals surface area contributed by atoms with E-state index < -0.39 is 0 Å². The van der Waals surface area contributed by atoms with E-state index in [2.05, 4.69) is 349 Å². The first kappa shape index (κ1) is 55.9. The van der Waals surface area contributed by atoms with E-state index in [1.165, 1.54) is 150 Å². The van der Waals surface area contributed by atoms with Gasteiger partial charge in [0.1, 0.15) is 0 Å². The van der Waals surface area contributed by atoms with Gasteiger partial charge in [-0.3, -0.25) is 0 Å². The molecule has 0 N–H and O–H groups in total. The van der Waals surface area contributed by atoms with Crippen LogP contribution in [0.25, 0.3) is 187 Å². The van der Waals surface area contributed by atoms with Crippen molar-refractivity contribution in [3.8, 4) is 34.1 Å². The predicted octanol–water partition coefficient (Wildman–Crippen LogP) is 24.6. The lowest BCUT2D eigenvalue weighted by atomic mass is 9.99. The van der Waals surface area contributed by atoms with Crippen LogP contribution in [-0.4, -0.2) is 32.0 Å². The fourth-order valence-electron chi connectivity index (χ4n) is 17.6. The molecule has 0 spiro atoms. The second-order valence-electron chi connectivity index (χ2n) is 27.4. The average Bonchev–Trinajstić information content (AvgIpc) is 1.56. The van der Waals surface area contributed by atoms with Crippen LogP contribution in [0.3, 0.4) is 0 Å². The van der Waals surface area contributed by atoms with E-state index in [9.17, 15) is 0 Å². The Morgan fingerprint density at radius 2 is 0.404 bits per heavy atom. The van der Waals surface area contributed by atoms with Crippen molar-refractivity contribution in [3.63, 3.8) is 0 Å². The zero-order valence-electron chi connectivity index (χ0n) is 55.1.